The number of likely N-dealkylation sites (tertiary alicyclic amines) is 1. The quantitative estimate of drug-likeness (QED) is 0.361. The third-order valence-corrected chi connectivity index (χ3v) is 8.55. The molecule has 3 amide bonds. The van der Waals surface area contributed by atoms with Crippen molar-refractivity contribution in [3.8, 4) is 0 Å². The molecular formula is C32H40ClF3N4O3. The SMILES string of the molecule is CCCC(=O)NC(CC(C)C)c1cc(C(F)(F)F)ccc1N1CCN(C(=O)C2CC(=O)N(C)C2c2ccc(Cl)cc2)CC1. The van der Waals surface area contributed by atoms with E-state index < -0.39 is 29.7 Å². The summed E-state index contributed by atoms with van der Waals surface area (Å²) in [5.41, 5.74) is 1.13. The molecule has 3 unspecified atom stereocenters. The van der Waals surface area contributed by atoms with Crippen molar-refractivity contribution in [3.63, 3.8) is 0 Å². The summed E-state index contributed by atoms with van der Waals surface area (Å²) in [7, 11) is 1.70. The van der Waals surface area contributed by atoms with Gasteiger partial charge >= 0.3 is 6.18 Å². The lowest BCUT2D eigenvalue weighted by atomic mass is 9.92. The maximum absolute atomic E-state index is 13.8. The summed E-state index contributed by atoms with van der Waals surface area (Å²) in [4.78, 5) is 44.3. The first-order valence-electron chi connectivity index (χ1n) is 14.9. The van der Waals surface area contributed by atoms with E-state index in [4.69, 9.17) is 11.6 Å². The third-order valence-electron chi connectivity index (χ3n) is 8.30. The predicted octanol–water partition coefficient (Wildman–Crippen LogP) is 6.23. The van der Waals surface area contributed by atoms with Crippen LogP contribution in [0.5, 0.6) is 0 Å². The van der Waals surface area contributed by atoms with Gasteiger partial charge in [-0.15, -0.1) is 0 Å². The lowest BCUT2D eigenvalue weighted by Gasteiger charge is -2.39. The van der Waals surface area contributed by atoms with E-state index in [0.29, 0.717) is 61.7 Å². The van der Waals surface area contributed by atoms with E-state index in [1.165, 1.54) is 6.07 Å². The summed E-state index contributed by atoms with van der Waals surface area (Å²) < 4.78 is 41.4. The summed E-state index contributed by atoms with van der Waals surface area (Å²) in [5, 5.41) is 3.55. The Morgan fingerprint density at radius 1 is 1.05 bits per heavy atom. The Balaban J connectivity index is 1.56. The highest BCUT2D eigenvalue weighted by Crippen LogP contribution is 2.40. The highest BCUT2D eigenvalue weighted by molar-refractivity contribution is 6.30. The maximum atomic E-state index is 13.8. The second kappa shape index (κ2) is 13.6. The summed E-state index contributed by atoms with van der Waals surface area (Å²) >= 11 is 6.06. The van der Waals surface area contributed by atoms with Gasteiger partial charge < -0.3 is 20.0 Å². The van der Waals surface area contributed by atoms with E-state index in [1.807, 2.05) is 37.8 Å². The van der Waals surface area contributed by atoms with Crippen LogP contribution in [0.3, 0.4) is 0 Å². The number of alkyl halides is 3. The van der Waals surface area contributed by atoms with Crippen molar-refractivity contribution in [2.75, 3.05) is 38.1 Å². The fraction of sp³-hybridized carbons (Fsp3) is 0.531. The van der Waals surface area contributed by atoms with Crippen molar-refractivity contribution in [1.82, 2.24) is 15.1 Å². The minimum Gasteiger partial charge on any atom is -0.368 e. The van der Waals surface area contributed by atoms with Crippen LogP contribution in [0.25, 0.3) is 0 Å². The molecule has 2 aromatic rings. The van der Waals surface area contributed by atoms with Crippen LogP contribution in [-0.4, -0.2) is 60.7 Å². The number of piperazine rings is 1. The van der Waals surface area contributed by atoms with Gasteiger partial charge in [0.1, 0.15) is 0 Å². The molecule has 0 spiro atoms. The fourth-order valence-corrected chi connectivity index (χ4v) is 6.26. The van der Waals surface area contributed by atoms with E-state index in [2.05, 4.69) is 5.32 Å². The Morgan fingerprint density at radius 3 is 2.28 bits per heavy atom. The lowest BCUT2D eigenvalue weighted by molar-refractivity contribution is -0.138. The van der Waals surface area contributed by atoms with Gasteiger partial charge in [-0.1, -0.05) is 44.5 Å². The third kappa shape index (κ3) is 7.63. The number of benzene rings is 2. The number of amides is 3. The first kappa shape index (κ1) is 32.6. The molecule has 2 aliphatic rings. The number of hydrogen-bond donors (Lipinski definition) is 1. The number of nitrogens with zero attached hydrogens (tertiary/aromatic N) is 3. The van der Waals surface area contributed by atoms with Gasteiger partial charge in [0, 0.05) is 56.8 Å². The zero-order valence-corrected chi connectivity index (χ0v) is 25.8. The molecule has 3 atom stereocenters. The minimum absolute atomic E-state index is 0.104. The van der Waals surface area contributed by atoms with Gasteiger partial charge in [-0.05, 0) is 60.2 Å². The molecule has 4 rings (SSSR count). The Labute approximate surface area is 256 Å². The number of rotatable bonds is 9. The van der Waals surface area contributed by atoms with Crippen molar-refractivity contribution in [3.05, 3.63) is 64.2 Å². The summed E-state index contributed by atoms with van der Waals surface area (Å²) in [6.07, 6.45) is -3.01. The van der Waals surface area contributed by atoms with Crippen LogP contribution in [-0.2, 0) is 20.6 Å². The molecule has 2 saturated heterocycles. The molecular weight excluding hydrogens is 581 g/mol. The second-order valence-electron chi connectivity index (χ2n) is 11.9. The van der Waals surface area contributed by atoms with Gasteiger partial charge in [0.2, 0.25) is 17.7 Å². The van der Waals surface area contributed by atoms with Crippen molar-refractivity contribution in [1.29, 1.82) is 0 Å². The van der Waals surface area contributed by atoms with Crippen LogP contribution in [0.1, 0.15) is 75.2 Å². The number of nitrogens with one attached hydrogen (secondary N) is 1. The molecule has 43 heavy (non-hydrogen) atoms. The number of hydrogen-bond acceptors (Lipinski definition) is 4. The van der Waals surface area contributed by atoms with Gasteiger partial charge in [-0.3, -0.25) is 14.4 Å². The first-order chi connectivity index (χ1) is 20.3. The van der Waals surface area contributed by atoms with Gasteiger partial charge in [0.15, 0.2) is 0 Å². The fourth-order valence-electron chi connectivity index (χ4n) is 6.14. The number of carbonyl (C=O) groups is 3. The minimum atomic E-state index is -4.53. The number of carbonyl (C=O) groups excluding carboxylic acids is 3. The molecule has 2 aromatic carbocycles. The van der Waals surface area contributed by atoms with E-state index in [-0.39, 0.29) is 30.1 Å². The number of halogens is 4. The van der Waals surface area contributed by atoms with Crippen LogP contribution in [0, 0.1) is 11.8 Å². The van der Waals surface area contributed by atoms with Crippen LogP contribution in [0.2, 0.25) is 5.02 Å². The van der Waals surface area contributed by atoms with E-state index in [0.717, 1.165) is 17.7 Å². The molecule has 7 nitrogen and oxygen atoms in total. The van der Waals surface area contributed by atoms with E-state index in [1.54, 1.807) is 29.0 Å². The smallest absolute Gasteiger partial charge is 0.368 e. The highest BCUT2D eigenvalue weighted by Gasteiger charge is 2.44. The maximum Gasteiger partial charge on any atom is 0.416 e. The van der Waals surface area contributed by atoms with Gasteiger partial charge in [-0.25, -0.2) is 0 Å². The van der Waals surface area contributed by atoms with Gasteiger partial charge in [-0.2, -0.15) is 13.2 Å². The molecule has 1 N–H and O–H groups in total. The lowest BCUT2D eigenvalue weighted by Crippen LogP contribution is -2.51. The monoisotopic (exact) mass is 620 g/mol. The van der Waals surface area contributed by atoms with Crippen LogP contribution in [0.15, 0.2) is 42.5 Å². The largest absolute Gasteiger partial charge is 0.416 e. The predicted molar refractivity (Wildman–Crippen MR) is 161 cm³/mol. The van der Waals surface area contributed by atoms with E-state index in [9.17, 15) is 27.6 Å². The molecule has 2 heterocycles. The molecule has 0 aromatic heterocycles. The van der Waals surface area contributed by atoms with Crippen LogP contribution >= 0.6 is 11.6 Å². The van der Waals surface area contributed by atoms with Crippen LogP contribution in [0.4, 0.5) is 18.9 Å². The zero-order valence-electron chi connectivity index (χ0n) is 25.1. The van der Waals surface area contributed by atoms with Crippen molar-refractivity contribution >= 4 is 35.0 Å². The Kier molecular flexibility index (Phi) is 10.3. The second-order valence-corrected chi connectivity index (χ2v) is 12.3. The summed E-state index contributed by atoms with van der Waals surface area (Å²) in [6, 6.07) is 9.88. The molecule has 0 saturated carbocycles. The Bertz CT molecular complexity index is 1310. The Morgan fingerprint density at radius 2 is 1.70 bits per heavy atom. The summed E-state index contributed by atoms with van der Waals surface area (Å²) in [5.74, 6) is -0.832. The summed E-state index contributed by atoms with van der Waals surface area (Å²) in [6.45, 7) is 7.35. The molecule has 2 aliphatic heterocycles. The normalized spacial score (nSPS) is 20.1. The molecule has 0 aliphatic carbocycles. The average Bonchev–Trinajstić information content (AvgIpc) is 3.25. The van der Waals surface area contributed by atoms with Crippen molar-refractivity contribution < 1.29 is 27.6 Å². The molecule has 2 fully saturated rings. The average molecular weight is 621 g/mol. The first-order valence-corrected chi connectivity index (χ1v) is 15.2. The van der Waals surface area contributed by atoms with Crippen molar-refractivity contribution in [2.24, 2.45) is 11.8 Å². The number of anilines is 1. The zero-order chi connectivity index (χ0) is 31.5. The Hall–Kier alpha value is -3.27. The molecule has 0 bridgehead atoms. The van der Waals surface area contributed by atoms with Crippen LogP contribution < -0.4 is 10.2 Å². The molecule has 11 heteroatoms. The molecule has 234 valence electrons. The standard InChI is InChI=1S/C32H40ClF3N4O3/c1-5-6-28(41)37-26(17-20(2)3)24-18-22(32(34,35)36)9-12-27(24)39-13-15-40(16-14-39)31(43)25-19-29(42)38(4)30(25)21-7-10-23(33)11-8-21/h7-12,18,20,25-26,30H,5-6,13-17,19H2,1-4H3,(H,37,41). The van der Waals surface area contributed by atoms with E-state index >= 15 is 0 Å². The molecule has 0 radical (unpaired) electrons. The topological polar surface area (TPSA) is 73.0 Å². The van der Waals surface area contributed by atoms with Crippen molar-refractivity contribution in [2.45, 2.75) is 64.7 Å². The van der Waals surface area contributed by atoms with Gasteiger partial charge in [0.25, 0.3) is 0 Å². The van der Waals surface area contributed by atoms with Gasteiger partial charge in [0.05, 0.1) is 23.6 Å². The highest BCUT2D eigenvalue weighted by atomic mass is 35.5.